The van der Waals surface area contributed by atoms with Crippen LogP contribution in [0.3, 0.4) is 0 Å². The number of halogens is 1. The molecule has 0 aliphatic rings. The molecule has 0 saturated carbocycles. The maximum atomic E-state index is 9.45. The molecule has 0 aliphatic carbocycles. The van der Waals surface area contributed by atoms with Crippen LogP contribution in [-0.2, 0) is 9.47 Å². The minimum Gasteiger partial charge on any atom is -0.507 e. The Morgan fingerprint density at radius 1 is 1.31 bits per heavy atom. The van der Waals surface area contributed by atoms with Gasteiger partial charge in [-0.15, -0.1) is 0 Å². The lowest BCUT2D eigenvalue weighted by atomic mass is 10.2. The van der Waals surface area contributed by atoms with E-state index in [-0.39, 0.29) is 5.75 Å². The second kappa shape index (κ2) is 4.46. The SMILES string of the molecule is COC(OC)c1cc(Cl)ccc1O. The normalized spacial score (nSPS) is 10.8. The van der Waals surface area contributed by atoms with Gasteiger partial charge < -0.3 is 14.6 Å². The van der Waals surface area contributed by atoms with Crippen molar-refractivity contribution in [2.45, 2.75) is 6.29 Å². The van der Waals surface area contributed by atoms with Gasteiger partial charge in [-0.2, -0.15) is 0 Å². The van der Waals surface area contributed by atoms with Crippen LogP contribution in [0.15, 0.2) is 18.2 Å². The monoisotopic (exact) mass is 202 g/mol. The summed E-state index contributed by atoms with van der Waals surface area (Å²) in [6, 6.07) is 4.71. The van der Waals surface area contributed by atoms with E-state index in [1.807, 2.05) is 0 Å². The predicted octanol–water partition coefficient (Wildman–Crippen LogP) is 2.34. The molecule has 0 amide bonds. The topological polar surface area (TPSA) is 38.7 Å². The van der Waals surface area contributed by atoms with E-state index in [1.54, 1.807) is 12.1 Å². The van der Waals surface area contributed by atoms with Gasteiger partial charge in [0, 0.05) is 19.2 Å². The molecule has 0 atom stereocenters. The molecule has 1 rings (SSSR count). The number of hydrogen-bond acceptors (Lipinski definition) is 3. The van der Waals surface area contributed by atoms with Gasteiger partial charge in [-0.05, 0) is 18.2 Å². The van der Waals surface area contributed by atoms with Gasteiger partial charge in [-0.1, -0.05) is 11.6 Å². The summed E-state index contributed by atoms with van der Waals surface area (Å²) in [6.45, 7) is 0. The van der Waals surface area contributed by atoms with Gasteiger partial charge in [0.25, 0.3) is 0 Å². The van der Waals surface area contributed by atoms with E-state index in [9.17, 15) is 5.11 Å². The molecule has 72 valence electrons. The number of hydrogen-bond donors (Lipinski definition) is 1. The highest BCUT2D eigenvalue weighted by atomic mass is 35.5. The molecule has 4 heteroatoms. The maximum Gasteiger partial charge on any atom is 0.186 e. The zero-order valence-electron chi connectivity index (χ0n) is 7.45. The molecule has 0 unspecified atom stereocenters. The molecular formula is C9H11ClO3. The second-order valence-corrected chi connectivity index (χ2v) is 2.94. The van der Waals surface area contributed by atoms with Crippen molar-refractivity contribution < 1.29 is 14.6 Å². The lowest BCUT2D eigenvalue weighted by Gasteiger charge is -2.14. The van der Waals surface area contributed by atoms with E-state index in [4.69, 9.17) is 21.1 Å². The van der Waals surface area contributed by atoms with Crippen molar-refractivity contribution in [2.24, 2.45) is 0 Å². The smallest absolute Gasteiger partial charge is 0.186 e. The fraction of sp³-hybridized carbons (Fsp3) is 0.333. The summed E-state index contributed by atoms with van der Waals surface area (Å²) in [5, 5.41) is 9.98. The highest BCUT2D eigenvalue weighted by Gasteiger charge is 2.13. The molecular weight excluding hydrogens is 192 g/mol. The van der Waals surface area contributed by atoms with Crippen LogP contribution in [0.4, 0.5) is 0 Å². The summed E-state index contributed by atoms with van der Waals surface area (Å²) in [5.74, 6) is 0.109. The predicted molar refractivity (Wildman–Crippen MR) is 49.9 cm³/mol. The molecule has 13 heavy (non-hydrogen) atoms. The van der Waals surface area contributed by atoms with Gasteiger partial charge in [-0.25, -0.2) is 0 Å². The van der Waals surface area contributed by atoms with E-state index >= 15 is 0 Å². The molecule has 1 aromatic carbocycles. The lowest BCUT2D eigenvalue weighted by molar-refractivity contribution is -0.106. The molecule has 0 heterocycles. The van der Waals surface area contributed by atoms with Gasteiger partial charge in [0.2, 0.25) is 0 Å². The minimum absolute atomic E-state index is 0.109. The Hall–Kier alpha value is -0.770. The minimum atomic E-state index is -0.585. The molecule has 0 aromatic heterocycles. The molecule has 3 nitrogen and oxygen atoms in total. The maximum absolute atomic E-state index is 9.45. The molecule has 0 fully saturated rings. The number of aromatic hydroxyl groups is 1. The Balaban J connectivity index is 3.03. The van der Waals surface area contributed by atoms with Gasteiger partial charge in [0.1, 0.15) is 5.75 Å². The number of benzene rings is 1. The van der Waals surface area contributed by atoms with Crippen molar-refractivity contribution in [3.63, 3.8) is 0 Å². The summed E-state index contributed by atoms with van der Waals surface area (Å²) in [6.07, 6.45) is -0.585. The first-order valence-corrected chi connectivity index (χ1v) is 4.11. The third-order valence-corrected chi connectivity index (χ3v) is 1.91. The van der Waals surface area contributed by atoms with Crippen LogP contribution in [0.5, 0.6) is 5.75 Å². The highest BCUT2D eigenvalue weighted by molar-refractivity contribution is 6.30. The van der Waals surface area contributed by atoms with Crippen molar-refractivity contribution in [2.75, 3.05) is 14.2 Å². The Labute approximate surface area is 81.9 Å². The van der Waals surface area contributed by atoms with Crippen molar-refractivity contribution in [3.8, 4) is 5.75 Å². The quantitative estimate of drug-likeness (QED) is 0.765. The van der Waals surface area contributed by atoms with Gasteiger partial charge >= 0.3 is 0 Å². The molecule has 0 saturated heterocycles. The van der Waals surface area contributed by atoms with E-state index in [0.29, 0.717) is 10.6 Å². The first-order valence-electron chi connectivity index (χ1n) is 3.73. The Kier molecular flexibility index (Phi) is 3.54. The van der Waals surface area contributed by atoms with Crippen molar-refractivity contribution in [3.05, 3.63) is 28.8 Å². The van der Waals surface area contributed by atoms with Crippen LogP contribution >= 0.6 is 11.6 Å². The van der Waals surface area contributed by atoms with Crippen molar-refractivity contribution >= 4 is 11.6 Å². The van der Waals surface area contributed by atoms with Crippen LogP contribution in [0.1, 0.15) is 11.9 Å². The largest absolute Gasteiger partial charge is 0.507 e. The Morgan fingerprint density at radius 2 is 1.92 bits per heavy atom. The Bertz CT molecular complexity index is 284. The zero-order chi connectivity index (χ0) is 9.84. The number of rotatable bonds is 3. The average Bonchev–Trinajstić information content (AvgIpc) is 2.13. The van der Waals surface area contributed by atoms with Crippen LogP contribution in [0.25, 0.3) is 0 Å². The fourth-order valence-electron chi connectivity index (χ4n) is 1.06. The summed E-state index contributed by atoms with van der Waals surface area (Å²) in [4.78, 5) is 0. The number of methoxy groups -OCH3 is 2. The van der Waals surface area contributed by atoms with Crippen LogP contribution in [-0.4, -0.2) is 19.3 Å². The van der Waals surface area contributed by atoms with Gasteiger partial charge in [-0.3, -0.25) is 0 Å². The fourth-order valence-corrected chi connectivity index (χ4v) is 1.24. The molecule has 1 N–H and O–H groups in total. The van der Waals surface area contributed by atoms with Gasteiger partial charge in [0.15, 0.2) is 6.29 Å². The summed E-state index contributed by atoms with van der Waals surface area (Å²) in [7, 11) is 2.99. The molecule has 1 aromatic rings. The number of phenols is 1. The third kappa shape index (κ3) is 2.34. The Morgan fingerprint density at radius 3 is 2.46 bits per heavy atom. The first kappa shape index (κ1) is 10.3. The summed E-state index contributed by atoms with van der Waals surface area (Å²) in [5.41, 5.74) is 0.525. The van der Waals surface area contributed by atoms with E-state index in [1.165, 1.54) is 20.3 Å². The van der Waals surface area contributed by atoms with E-state index in [0.717, 1.165) is 0 Å². The third-order valence-electron chi connectivity index (χ3n) is 1.67. The first-order chi connectivity index (χ1) is 6.19. The molecule has 0 radical (unpaired) electrons. The van der Waals surface area contributed by atoms with E-state index < -0.39 is 6.29 Å². The van der Waals surface area contributed by atoms with Crippen molar-refractivity contribution in [1.29, 1.82) is 0 Å². The van der Waals surface area contributed by atoms with Crippen LogP contribution in [0, 0.1) is 0 Å². The standard InChI is InChI=1S/C9H11ClO3/c1-12-9(13-2)7-5-6(10)3-4-8(7)11/h3-5,9,11H,1-2H3. The molecule has 0 spiro atoms. The average molecular weight is 203 g/mol. The number of phenolic OH excluding ortho intramolecular Hbond substituents is 1. The lowest BCUT2D eigenvalue weighted by Crippen LogP contribution is -2.03. The van der Waals surface area contributed by atoms with Crippen LogP contribution < -0.4 is 0 Å². The molecule has 0 bridgehead atoms. The van der Waals surface area contributed by atoms with Gasteiger partial charge in [0.05, 0.1) is 5.56 Å². The second-order valence-electron chi connectivity index (χ2n) is 2.51. The molecule has 0 aliphatic heterocycles. The summed E-state index contributed by atoms with van der Waals surface area (Å²) >= 11 is 5.75. The zero-order valence-corrected chi connectivity index (χ0v) is 8.21. The number of ether oxygens (including phenoxy) is 2. The van der Waals surface area contributed by atoms with E-state index in [2.05, 4.69) is 0 Å². The van der Waals surface area contributed by atoms with Crippen molar-refractivity contribution in [1.82, 2.24) is 0 Å². The van der Waals surface area contributed by atoms with Crippen LogP contribution in [0.2, 0.25) is 5.02 Å². The highest BCUT2D eigenvalue weighted by Crippen LogP contribution is 2.29. The summed E-state index contributed by atoms with van der Waals surface area (Å²) < 4.78 is 9.96.